The van der Waals surface area contributed by atoms with Crippen molar-refractivity contribution in [3.05, 3.63) is 0 Å². The molecule has 0 rings (SSSR count). The van der Waals surface area contributed by atoms with Crippen LogP contribution in [0, 0.1) is 0 Å². The molecule has 106 valence electrons. The zero-order chi connectivity index (χ0) is 14.9. The molecule has 18 heteroatoms. The zero-order valence-corrected chi connectivity index (χ0v) is 12.8. The van der Waals surface area contributed by atoms with E-state index in [0.29, 0.717) is 0 Å². The van der Waals surface area contributed by atoms with Crippen molar-refractivity contribution < 1.29 is 36.4 Å². The van der Waals surface area contributed by atoms with Crippen LogP contribution in [0.25, 0.3) is 0 Å². The summed E-state index contributed by atoms with van der Waals surface area (Å²) in [5.74, 6) is 0. The third kappa shape index (κ3) is 248. The molecule has 0 saturated carbocycles. The van der Waals surface area contributed by atoms with Crippen molar-refractivity contribution in [1.29, 1.82) is 0 Å². The molecule has 0 spiro atoms. The number of hydrogen-bond acceptors (Lipinski definition) is 6. The summed E-state index contributed by atoms with van der Waals surface area (Å²) in [5, 5.41) is 22.1. The first-order chi connectivity index (χ1) is 7.65. The molecule has 0 aromatic carbocycles. The monoisotopic (exact) mass is 384 g/mol. The van der Waals surface area contributed by atoms with E-state index in [1.807, 2.05) is 0 Å². The van der Waals surface area contributed by atoms with Gasteiger partial charge in [-0.05, 0) is 0 Å². The average Bonchev–Trinajstić information content (AvgIpc) is 2.16. The Morgan fingerprint density at radius 1 is 0.944 bits per heavy atom. The number of rotatable bonds is 2. The van der Waals surface area contributed by atoms with Crippen molar-refractivity contribution in [2.75, 3.05) is 0 Å². The molecular weight excluding hydrogens is 379 g/mol. The smallest absolute Gasteiger partial charge is 0 e. The van der Waals surface area contributed by atoms with Crippen LogP contribution in [0.4, 0.5) is 0 Å². The Kier molecular flexibility index (Phi) is 54.4. The van der Waals surface area contributed by atoms with Gasteiger partial charge in [0.25, 0.3) is 0 Å². The SMILES string of the molecule is ClB(Cl)Cl.ClB(Cl)Cl.O.O=BB(O)O.O=BOO.[HH]. The van der Waals surface area contributed by atoms with Crippen LogP contribution >= 0.6 is 68.8 Å². The van der Waals surface area contributed by atoms with Crippen LogP contribution in [0.15, 0.2) is 0 Å². The topological polar surface area (TPSA) is 136 Å². The van der Waals surface area contributed by atoms with Gasteiger partial charge in [0.05, 0.1) is 0 Å². The van der Waals surface area contributed by atoms with Crippen LogP contribution in [0.3, 0.4) is 0 Å². The van der Waals surface area contributed by atoms with E-state index in [4.69, 9.17) is 93.5 Å². The van der Waals surface area contributed by atoms with E-state index >= 15 is 0 Å². The standard InChI is InChI=1S/B2H2O3.2BCl3.BHO3.H2O.H2/c3-1-2(4)5;2*2-1(3)4;2-1-4-3;;/h4-5H;;;3H;1H2;1H. The minimum Gasteiger partial charge on any atom is 0 e. The molecular formula is H7B5Cl6O7. The van der Waals surface area contributed by atoms with Crippen molar-refractivity contribution >= 4 is 100 Å². The zero-order valence-electron chi connectivity index (χ0n) is 8.22. The van der Waals surface area contributed by atoms with Crippen molar-refractivity contribution in [3.8, 4) is 0 Å². The van der Waals surface area contributed by atoms with Crippen LogP contribution < -0.4 is 0 Å². The fourth-order valence-corrected chi connectivity index (χ4v) is 0. The van der Waals surface area contributed by atoms with Crippen LogP contribution in [-0.2, 0) is 14.2 Å². The molecule has 18 heavy (non-hydrogen) atoms. The van der Waals surface area contributed by atoms with Gasteiger partial charge in [-0.1, -0.05) is 0 Å². The summed E-state index contributed by atoms with van der Waals surface area (Å²) in [7, 11) is -1.84. The van der Waals surface area contributed by atoms with Gasteiger partial charge < -0.3 is 5.48 Å². The van der Waals surface area contributed by atoms with Crippen molar-refractivity contribution in [1.82, 2.24) is 0 Å². The Balaban J connectivity index is -0.0000000288. The minimum atomic E-state index is -1.80. The molecule has 0 aromatic rings. The van der Waals surface area contributed by atoms with E-state index in [1.54, 1.807) is 0 Å². The van der Waals surface area contributed by atoms with Gasteiger partial charge in [0.1, 0.15) is 0 Å². The van der Waals surface area contributed by atoms with Crippen molar-refractivity contribution in [3.63, 3.8) is 0 Å². The molecule has 5 N–H and O–H groups in total. The first-order valence-corrected chi connectivity index (χ1v) is 5.67. The summed E-state index contributed by atoms with van der Waals surface area (Å²) < 4.78 is 17.7. The Labute approximate surface area is 136 Å². The van der Waals surface area contributed by atoms with E-state index in [2.05, 4.69) is 4.81 Å². The van der Waals surface area contributed by atoms with Gasteiger partial charge in [0, 0.05) is 1.43 Å². The largest absolute Gasteiger partial charge is 0 e. The van der Waals surface area contributed by atoms with Gasteiger partial charge >= 0.3 is 60.8 Å². The quantitative estimate of drug-likeness (QED) is 0.354. The Bertz CT molecular complexity index is 140. The number of halogens is 6. The fourth-order valence-electron chi connectivity index (χ4n) is 0. The van der Waals surface area contributed by atoms with Crippen molar-refractivity contribution in [2.24, 2.45) is 0 Å². The van der Waals surface area contributed by atoms with Crippen LogP contribution in [0.2, 0.25) is 0 Å². The molecule has 0 radical (unpaired) electrons. The third-order valence-corrected chi connectivity index (χ3v) is 0.165. The molecule has 0 aliphatic rings. The maximum atomic E-state index is 9.00. The molecule has 0 fully saturated rings. The average molecular weight is 386 g/mol. The normalized spacial score (nSPS) is 5.61. The van der Waals surface area contributed by atoms with E-state index < -0.39 is 16.9 Å². The molecule has 7 nitrogen and oxygen atoms in total. The van der Waals surface area contributed by atoms with Gasteiger partial charge in [-0.25, -0.2) is 0 Å². The van der Waals surface area contributed by atoms with E-state index in [0.717, 1.165) is 0 Å². The second kappa shape index (κ2) is 31.0. The van der Waals surface area contributed by atoms with Gasteiger partial charge in [-0.2, -0.15) is 68.8 Å². The maximum absolute atomic E-state index is 9.00. The number of hydrogen-bond donors (Lipinski definition) is 3. The summed E-state index contributed by atoms with van der Waals surface area (Å²) in [4.78, 5) is 1.36. The maximum Gasteiger partial charge on any atom is 0 e. The van der Waals surface area contributed by atoms with Gasteiger partial charge in [-0.15, -0.1) is 0 Å². The predicted molar refractivity (Wildman–Crippen MR) is 79.1 cm³/mol. The summed E-state index contributed by atoms with van der Waals surface area (Å²) in [5.41, 5.74) is 0. The van der Waals surface area contributed by atoms with Gasteiger partial charge in [0.2, 0.25) is 0 Å². The van der Waals surface area contributed by atoms with Crippen molar-refractivity contribution in [2.45, 2.75) is 0 Å². The fraction of sp³-hybridized carbons (Fsp3) is 0. The van der Waals surface area contributed by atoms with Crippen LogP contribution in [-0.4, -0.2) is 52.1 Å². The third-order valence-electron chi connectivity index (χ3n) is 0.165. The molecule has 0 heterocycles. The van der Waals surface area contributed by atoms with Gasteiger partial charge in [0.15, 0.2) is 0 Å². The second-order valence-electron chi connectivity index (χ2n) is 1.25. The Morgan fingerprint density at radius 2 is 1.06 bits per heavy atom. The van der Waals surface area contributed by atoms with E-state index in [9.17, 15) is 0 Å². The molecule has 0 aliphatic heterocycles. The van der Waals surface area contributed by atoms with E-state index in [1.165, 1.54) is 0 Å². The molecule has 0 unspecified atom stereocenters. The molecule has 0 aliphatic carbocycles. The molecule has 0 amide bonds. The van der Waals surface area contributed by atoms with Gasteiger partial charge in [-0.3, -0.25) is 0 Å². The first-order valence-electron chi connectivity index (χ1n) is 3.05. The molecule has 0 bridgehead atoms. The van der Waals surface area contributed by atoms with E-state index in [-0.39, 0.29) is 21.3 Å². The summed E-state index contributed by atoms with van der Waals surface area (Å²) in [6, 6.07) is 0. The summed E-state index contributed by atoms with van der Waals surface area (Å²) in [6.07, 6.45) is 0. The predicted octanol–water partition coefficient (Wildman–Crippen LogP) is 0.243. The summed E-state index contributed by atoms with van der Waals surface area (Å²) in [6.45, 7) is 0. The second-order valence-corrected chi connectivity index (χ2v) is 5.21. The molecule has 0 saturated heterocycles. The minimum absolute atomic E-state index is 0. The Hall–Kier alpha value is 1.30. The first kappa shape index (κ1) is 31.6. The van der Waals surface area contributed by atoms with Crippen LogP contribution in [0.1, 0.15) is 1.43 Å². The molecule has 0 aromatic heterocycles. The molecule has 0 atom stereocenters. The van der Waals surface area contributed by atoms with Crippen LogP contribution in [0.5, 0.6) is 0 Å². The Morgan fingerprint density at radius 3 is 1.06 bits per heavy atom. The summed E-state index contributed by atoms with van der Waals surface area (Å²) >= 11 is 28.8.